The molecule has 0 heterocycles. The average Bonchev–Trinajstić information content (AvgIpc) is 2.48. The van der Waals surface area contributed by atoms with Crippen molar-refractivity contribution in [1.29, 1.82) is 0 Å². The van der Waals surface area contributed by atoms with Gasteiger partial charge in [-0.2, -0.15) is 0 Å². The number of ether oxygens (including phenoxy) is 1. The van der Waals surface area contributed by atoms with Crippen LogP contribution < -0.4 is 0 Å². The van der Waals surface area contributed by atoms with E-state index in [1.807, 2.05) is 50.2 Å². The van der Waals surface area contributed by atoms with Gasteiger partial charge in [-0.25, -0.2) is 0 Å². The molecule has 0 spiro atoms. The van der Waals surface area contributed by atoms with E-state index in [0.717, 1.165) is 23.1 Å². The van der Waals surface area contributed by atoms with Gasteiger partial charge in [-0.1, -0.05) is 43.3 Å². The highest BCUT2D eigenvalue weighted by molar-refractivity contribution is 5.69. The predicted octanol–water partition coefficient (Wildman–Crippen LogP) is 4.46. The van der Waals surface area contributed by atoms with E-state index in [9.17, 15) is 9.90 Å². The van der Waals surface area contributed by atoms with Crippen molar-refractivity contribution in [3.63, 3.8) is 0 Å². The molecule has 0 amide bonds. The molecular formula is C18H20O3. The Morgan fingerprint density at radius 2 is 1.57 bits per heavy atom. The van der Waals surface area contributed by atoms with Crippen LogP contribution in [0.3, 0.4) is 0 Å². The van der Waals surface area contributed by atoms with Crippen molar-refractivity contribution in [1.82, 2.24) is 0 Å². The van der Waals surface area contributed by atoms with Gasteiger partial charge in [-0.3, -0.25) is 4.79 Å². The van der Waals surface area contributed by atoms with Crippen LogP contribution in [0.5, 0.6) is 5.75 Å². The second-order valence-electron chi connectivity index (χ2n) is 5.05. The van der Waals surface area contributed by atoms with Gasteiger partial charge in [0.25, 0.3) is 0 Å². The number of phenols is 1. The van der Waals surface area contributed by atoms with Crippen LogP contribution in [0.25, 0.3) is 11.1 Å². The Hall–Kier alpha value is -2.29. The molecule has 0 aliphatic carbocycles. The molecule has 0 fully saturated rings. The van der Waals surface area contributed by atoms with Crippen molar-refractivity contribution < 1.29 is 14.6 Å². The fraction of sp³-hybridized carbons (Fsp3) is 0.278. The molecule has 2 rings (SSSR count). The molecule has 2 aromatic carbocycles. The molecule has 3 heteroatoms. The number of benzene rings is 2. The molecule has 110 valence electrons. The quantitative estimate of drug-likeness (QED) is 0.824. The van der Waals surface area contributed by atoms with Crippen molar-refractivity contribution in [3.05, 3.63) is 54.1 Å². The zero-order valence-electron chi connectivity index (χ0n) is 12.4. The third-order valence-corrected chi connectivity index (χ3v) is 3.34. The average molecular weight is 284 g/mol. The molecular weight excluding hydrogens is 264 g/mol. The largest absolute Gasteiger partial charge is 0.508 e. The first kappa shape index (κ1) is 15.1. The molecule has 3 nitrogen and oxygen atoms in total. The van der Waals surface area contributed by atoms with Crippen molar-refractivity contribution in [2.45, 2.75) is 32.8 Å². The van der Waals surface area contributed by atoms with Crippen LogP contribution in [-0.2, 0) is 9.53 Å². The molecule has 21 heavy (non-hydrogen) atoms. The Bertz CT molecular complexity index is 585. The summed E-state index contributed by atoms with van der Waals surface area (Å²) in [5, 5.41) is 9.30. The fourth-order valence-corrected chi connectivity index (χ4v) is 2.13. The van der Waals surface area contributed by atoms with E-state index in [1.54, 1.807) is 12.1 Å². The summed E-state index contributed by atoms with van der Waals surface area (Å²) in [5.41, 5.74) is 3.07. The van der Waals surface area contributed by atoms with Gasteiger partial charge < -0.3 is 9.84 Å². The van der Waals surface area contributed by atoms with Crippen LogP contribution in [0.15, 0.2) is 48.5 Å². The molecule has 2 aromatic rings. The maximum atomic E-state index is 11.5. The number of phenolic OH excluding ortho intramolecular Hbond substituents is 1. The predicted molar refractivity (Wildman–Crippen MR) is 83.0 cm³/mol. The van der Waals surface area contributed by atoms with Gasteiger partial charge in [0.1, 0.15) is 11.9 Å². The van der Waals surface area contributed by atoms with Crippen molar-refractivity contribution >= 4 is 5.97 Å². The van der Waals surface area contributed by atoms with E-state index in [1.165, 1.54) is 0 Å². The van der Waals surface area contributed by atoms with Crippen molar-refractivity contribution in [2.75, 3.05) is 0 Å². The standard InChI is InChI=1S/C18H20O3/c1-3-4-18(20)21-13(2)14-5-7-15(8-6-14)16-9-11-17(19)12-10-16/h5-13,19H,3-4H2,1-2H3. The minimum atomic E-state index is -0.238. The Balaban J connectivity index is 2.08. The smallest absolute Gasteiger partial charge is 0.306 e. The monoisotopic (exact) mass is 284 g/mol. The normalized spacial score (nSPS) is 11.9. The summed E-state index contributed by atoms with van der Waals surface area (Å²) in [6, 6.07) is 15.0. The Labute approximate surface area is 125 Å². The second-order valence-corrected chi connectivity index (χ2v) is 5.05. The van der Waals surface area contributed by atoms with Crippen LogP contribution in [0, 0.1) is 0 Å². The van der Waals surface area contributed by atoms with Gasteiger partial charge in [0.2, 0.25) is 0 Å². The minimum Gasteiger partial charge on any atom is -0.508 e. The van der Waals surface area contributed by atoms with Crippen molar-refractivity contribution in [3.8, 4) is 16.9 Å². The van der Waals surface area contributed by atoms with Crippen LogP contribution in [0.1, 0.15) is 38.4 Å². The van der Waals surface area contributed by atoms with Gasteiger partial charge in [0.05, 0.1) is 0 Å². The Morgan fingerprint density at radius 3 is 2.10 bits per heavy atom. The van der Waals surface area contributed by atoms with E-state index >= 15 is 0 Å². The molecule has 0 saturated carbocycles. The van der Waals surface area contributed by atoms with E-state index in [0.29, 0.717) is 6.42 Å². The van der Waals surface area contributed by atoms with Gasteiger partial charge in [-0.05, 0) is 42.2 Å². The number of esters is 1. The lowest BCUT2D eigenvalue weighted by Crippen LogP contribution is -2.08. The summed E-state index contributed by atoms with van der Waals surface area (Å²) < 4.78 is 5.37. The highest BCUT2D eigenvalue weighted by atomic mass is 16.5. The van der Waals surface area contributed by atoms with Gasteiger partial charge in [0.15, 0.2) is 0 Å². The number of rotatable bonds is 5. The zero-order chi connectivity index (χ0) is 15.2. The maximum absolute atomic E-state index is 11.5. The maximum Gasteiger partial charge on any atom is 0.306 e. The molecule has 1 N–H and O–H groups in total. The van der Waals surface area contributed by atoms with E-state index in [4.69, 9.17) is 4.74 Å². The fourth-order valence-electron chi connectivity index (χ4n) is 2.13. The lowest BCUT2D eigenvalue weighted by Gasteiger charge is -2.14. The third kappa shape index (κ3) is 4.09. The topological polar surface area (TPSA) is 46.5 Å². The summed E-state index contributed by atoms with van der Waals surface area (Å²) in [5.74, 6) is 0.0967. The van der Waals surface area contributed by atoms with Crippen molar-refractivity contribution in [2.24, 2.45) is 0 Å². The lowest BCUT2D eigenvalue weighted by atomic mass is 10.0. The molecule has 0 aliphatic rings. The Morgan fingerprint density at radius 1 is 1.05 bits per heavy atom. The summed E-state index contributed by atoms with van der Waals surface area (Å²) in [7, 11) is 0. The first-order valence-electron chi connectivity index (χ1n) is 7.19. The second kappa shape index (κ2) is 6.93. The number of aromatic hydroxyl groups is 1. The lowest BCUT2D eigenvalue weighted by molar-refractivity contribution is -0.148. The minimum absolute atomic E-state index is 0.160. The van der Waals surface area contributed by atoms with Crippen LogP contribution >= 0.6 is 0 Å². The molecule has 0 aromatic heterocycles. The van der Waals surface area contributed by atoms with Crippen LogP contribution in [0.4, 0.5) is 0 Å². The summed E-state index contributed by atoms with van der Waals surface area (Å²) in [6.07, 6.45) is 1.01. The zero-order valence-corrected chi connectivity index (χ0v) is 12.4. The molecule has 0 bridgehead atoms. The highest BCUT2D eigenvalue weighted by Crippen LogP contribution is 2.25. The Kier molecular flexibility index (Phi) is 4.99. The summed E-state index contributed by atoms with van der Waals surface area (Å²) >= 11 is 0. The highest BCUT2D eigenvalue weighted by Gasteiger charge is 2.11. The molecule has 0 saturated heterocycles. The van der Waals surface area contributed by atoms with Crippen LogP contribution in [-0.4, -0.2) is 11.1 Å². The number of hydrogen-bond donors (Lipinski definition) is 1. The molecule has 1 atom stereocenters. The summed E-state index contributed by atoms with van der Waals surface area (Å²) in [4.78, 5) is 11.5. The van der Waals surface area contributed by atoms with E-state index in [2.05, 4.69) is 0 Å². The molecule has 1 unspecified atom stereocenters. The van der Waals surface area contributed by atoms with Gasteiger partial charge >= 0.3 is 5.97 Å². The SMILES string of the molecule is CCCC(=O)OC(C)c1ccc(-c2ccc(O)cc2)cc1. The third-order valence-electron chi connectivity index (χ3n) is 3.34. The first-order chi connectivity index (χ1) is 10.1. The van der Waals surface area contributed by atoms with Crippen LogP contribution in [0.2, 0.25) is 0 Å². The molecule has 0 aliphatic heterocycles. The first-order valence-corrected chi connectivity index (χ1v) is 7.19. The molecule has 0 radical (unpaired) electrons. The van der Waals surface area contributed by atoms with Gasteiger partial charge in [-0.15, -0.1) is 0 Å². The van der Waals surface area contributed by atoms with E-state index in [-0.39, 0.29) is 17.8 Å². The number of carbonyl (C=O) groups is 1. The number of carbonyl (C=O) groups excluding carboxylic acids is 1. The summed E-state index contributed by atoms with van der Waals surface area (Å²) in [6.45, 7) is 3.83. The van der Waals surface area contributed by atoms with Gasteiger partial charge in [0, 0.05) is 6.42 Å². The number of hydrogen-bond acceptors (Lipinski definition) is 3. The van der Waals surface area contributed by atoms with E-state index < -0.39 is 0 Å².